The lowest BCUT2D eigenvalue weighted by Crippen LogP contribution is -2.12. The molecule has 0 atom stereocenters. The van der Waals surface area contributed by atoms with Crippen molar-refractivity contribution in [3.8, 4) is 0 Å². The van der Waals surface area contributed by atoms with Gasteiger partial charge in [0.1, 0.15) is 5.76 Å². The first-order valence-corrected chi connectivity index (χ1v) is 6.79. The molecule has 0 saturated carbocycles. The van der Waals surface area contributed by atoms with Gasteiger partial charge < -0.3 is 10.2 Å². The van der Waals surface area contributed by atoms with Gasteiger partial charge in [0.25, 0.3) is 5.91 Å². The van der Waals surface area contributed by atoms with Gasteiger partial charge in [-0.25, -0.2) is 8.42 Å². The Labute approximate surface area is 103 Å². The summed E-state index contributed by atoms with van der Waals surface area (Å²) >= 11 is 0. The fourth-order valence-electron chi connectivity index (χ4n) is 1.33. The minimum atomic E-state index is -3.36. The van der Waals surface area contributed by atoms with Gasteiger partial charge >= 0.3 is 0 Å². The van der Waals surface area contributed by atoms with Crippen LogP contribution >= 0.6 is 0 Å². The van der Waals surface area contributed by atoms with Crippen molar-refractivity contribution in [3.05, 3.63) is 35.9 Å². The minimum absolute atomic E-state index is 0.0184. The van der Waals surface area contributed by atoms with E-state index in [0.717, 1.165) is 6.26 Å². The van der Waals surface area contributed by atoms with Crippen molar-refractivity contribution in [1.82, 2.24) is 9.78 Å². The summed E-state index contributed by atoms with van der Waals surface area (Å²) in [6.07, 6.45) is 2.49. The highest BCUT2D eigenvalue weighted by molar-refractivity contribution is 7.90. The van der Waals surface area contributed by atoms with Gasteiger partial charge in [-0.05, 0) is 12.1 Å². The highest BCUT2D eigenvalue weighted by Crippen LogP contribution is 2.14. The Kier molecular flexibility index (Phi) is 2.95. The molecule has 2 heterocycles. The van der Waals surface area contributed by atoms with E-state index in [4.69, 9.17) is 10.2 Å². The second-order valence-corrected chi connectivity index (χ2v) is 5.62. The summed E-state index contributed by atoms with van der Waals surface area (Å²) < 4.78 is 28.9. The molecule has 0 saturated heterocycles. The molecular formula is C10H10N3O4S. The zero-order valence-corrected chi connectivity index (χ0v) is 10.3. The number of primary amides is 1. The van der Waals surface area contributed by atoms with E-state index in [9.17, 15) is 13.2 Å². The lowest BCUT2D eigenvalue weighted by Gasteiger charge is -1.97. The maximum atomic E-state index is 11.2. The van der Waals surface area contributed by atoms with Crippen LogP contribution in [0.4, 0.5) is 0 Å². The van der Waals surface area contributed by atoms with Gasteiger partial charge in [0.2, 0.25) is 14.9 Å². The van der Waals surface area contributed by atoms with Crippen LogP contribution in [0.1, 0.15) is 16.2 Å². The molecule has 2 N–H and O–H groups in total. The number of hydrogen-bond acceptors (Lipinski definition) is 5. The smallest absolute Gasteiger partial charge is 0.269 e. The Balaban J connectivity index is 2.19. The van der Waals surface area contributed by atoms with E-state index in [1.165, 1.54) is 23.0 Å². The van der Waals surface area contributed by atoms with Crippen LogP contribution in [-0.4, -0.2) is 30.4 Å². The molecule has 0 bridgehead atoms. The van der Waals surface area contributed by atoms with Gasteiger partial charge in [0.15, 0.2) is 5.69 Å². The molecule has 0 unspecified atom stereocenters. The summed E-state index contributed by atoms with van der Waals surface area (Å²) in [5, 5.41) is 3.75. The monoisotopic (exact) mass is 268 g/mol. The Morgan fingerprint density at radius 3 is 2.78 bits per heavy atom. The van der Waals surface area contributed by atoms with Crippen LogP contribution in [0.3, 0.4) is 0 Å². The molecule has 1 amide bonds. The number of furan rings is 1. The molecule has 2 aromatic heterocycles. The van der Waals surface area contributed by atoms with Crippen LogP contribution in [-0.2, 0) is 16.4 Å². The van der Waals surface area contributed by atoms with Gasteiger partial charge in [-0.3, -0.25) is 9.48 Å². The molecule has 7 nitrogen and oxygen atoms in total. The normalized spacial score (nSPS) is 11.6. The molecule has 1 radical (unpaired) electrons. The Morgan fingerprint density at radius 2 is 2.28 bits per heavy atom. The number of sulfone groups is 1. The molecule has 0 aliphatic rings. The second kappa shape index (κ2) is 4.30. The summed E-state index contributed by atoms with van der Waals surface area (Å²) in [6, 6.07) is 5.48. The molecule has 18 heavy (non-hydrogen) atoms. The third-order valence-electron chi connectivity index (χ3n) is 2.13. The first-order chi connectivity index (χ1) is 8.36. The lowest BCUT2D eigenvalue weighted by atomic mass is 10.4. The number of carbonyl (C=O) groups excluding carboxylic acids is 1. The third kappa shape index (κ3) is 2.59. The van der Waals surface area contributed by atoms with Gasteiger partial charge in [-0.15, -0.1) is 0 Å². The van der Waals surface area contributed by atoms with Gasteiger partial charge in [0, 0.05) is 18.5 Å². The summed E-state index contributed by atoms with van der Waals surface area (Å²) in [5.74, 6) is -0.270. The Bertz CT molecular complexity index is 684. The molecule has 0 aliphatic carbocycles. The molecule has 0 aliphatic heterocycles. The van der Waals surface area contributed by atoms with Crippen LogP contribution in [0.2, 0.25) is 0 Å². The maximum Gasteiger partial charge on any atom is 0.269 e. The first-order valence-electron chi connectivity index (χ1n) is 4.90. The number of nitrogens with zero attached hydrogens (tertiary/aromatic N) is 2. The highest BCUT2D eigenvalue weighted by atomic mass is 32.2. The molecule has 95 valence electrons. The quantitative estimate of drug-likeness (QED) is 0.827. The molecule has 0 fully saturated rings. The second-order valence-electron chi connectivity index (χ2n) is 3.68. The van der Waals surface area contributed by atoms with Crippen molar-refractivity contribution < 1.29 is 17.6 Å². The Morgan fingerprint density at radius 1 is 1.56 bits per heavy atom. The third-order valence-corrected chi connectivity index (χ3v) is 3.08. The van der Waals surface area contributed by atoms with Crippen LogP contribution in [0.15, 0.2) is 27.8 Å². The number of amides is 1. The highest BCUT2D eigenvalue weighted by Gasteiger charge is 2.13. The maximum absolute atomic E-state index is 11.2. The molecule has 2 aromatic rings. The van der Waals surface area contributed by atoms with Crippen molar-refractivity contribution in [2.45, 2.75) is 11.6 Å². The zero-order valence-electron chi connectivity index (χ0n) is 9.45. The van der Waals surface area contributed by atoms with E-state index in [0.29, 0.717) is 5.76 Å². The fraction of sp³-hybridized carbons (Fsp3) is 0.200. The number of hydrogen-bond donors (Lipinski definition) is 1. The van der Waals surface area contributed by atoms with E-state index in [2.05, 4.69) is 11.2 Å². The zero-order chi connectivity index (χ0) is 13.3. The standard InChI is InChI=1S/C10H10N3O4S/c1-18(15,16)9-3-2-7(17-9)6-13-5-4-8(12-13)10(11)14/h2-3,5H,6H2,1H3,(H2,11,14). The van der Waals surface area contributed by atoms with Crippen molar-refractivity contribution in [1.29, 1.82) is 0 Å². The predicted molar refractivity (Wildman–Crippen MR) is 60.5 cm³/mol. The average Bonchev–Trinajstić information content (AvgIpc) is 2.85. The van der Waals surface area contributed by atoms with Crippen LogP contribution in [0.25, 0.3) is 0 Å². The lowest BCUT2D eigenvalue weighted by molar-refractivity contribution is 0.0994. The number of carbonyl (C=O) groups is 1. The molecule has 2 rings (SSSR count). The van der Waals surface area contributed by atoms with Crippen molar-refractivity contribution in [3.63, 3.8) is 0 Å². The molecule has 8 heteroatoms. The van der Waals surface area contributed by atoms with Crippen molar-refractivity contribution >= 4 is 15.7 Å². The van der Waals surface area contributed by atoms with E-state index in [1.807, 2.05) is 0 Å². The Hall–Kier alpha value is -2.09. The molecule has 0 spiro atoms. The van der Waals surface area contributed by atoms with Crippen LogP contribution in [0, 0.1) is 6.07 Å². The number of aromatic nitrogens is 2. The van der Waals surface area contributed by atoms with Crippen molar-refractivity contribution in [2.75, 3.05) is 6.26 Å². The van der Waals surface area contributed by atoms with E-state index < -0.39 is 15.7 Å². The SMILES string of the molecule is CS(=O)(=O)c1ccc(Cn2c[c]c(C(N)=O)n2)o1. The summed E-state index contributed by atoms with van der Waals surface area (Å²) in [6.45, 7) is 0.194. The number of nitrogens with two attached hydrogens (primary N) is 1. The van der Waals surface area contributed by atoms with E-state index in [1.54, 1.807) is 0 Å². The summed E-state index contributed by atoms with van der Waals surface area (Å²) in [4.78, 5) is 10.8. The number of rotatable bonds is 4. The minimum Gasteiger partial charge on any atom is -0.448 e. The van der Waals surface area contributed by atoms with Gasteiger partial charge in [-0.1, -0.05) is 0 Å². The van der Waals surface area contributed by atoms with Crippen LogP contribution in [0.5, 0.6) is 0 Å². The largest absolute Gasteiger partial charge is 0.448 e. The van der Waals surface area contributed by atoms with Crippen molar-refractivity contribution in [2.24, 2.45) is 5.73 Å². The molecular weight excluding hydrogens is 258 g/mol. The van der Waals surface area contributed by atoms with E-state index in [-0.39, 0.29) is 17.3 Å². The topological polar surface area (TPSA) is 108 Å². The molecule has 0 aromatic carbocycles. The predicted octanol–water partition coefficient (Wildman–Crippen LogP) is -0.173. The summed E-state index contributed by atoms with van der Waals surface area (Å²) in [7, 11) is -3.36. The van der Waals surface area contributed by atoms with E-state index >= 15 is 0 Å². The fourth-order valence-corrected chi connectivity index (χ4v) is 1.90. The first kappa shape index (κ1) is 12.4. The van der Waals surface area contributed by atoms with Gasteiger partial charge in [-0.2, -0.15) is 5.10 Å². The van der Waals surface area contributed by atoms with Gasteiger partial charge in [0.05, 0.1) is 6.54 Å². The summed E-state index contributed by atoms with van der Waals surface area (Å²) in [5.41, 5.74) is 5.05. The average molecular weight is 268 g/mol. The van der Waals surface area contributed by atoms with Crippen LogP contribution < -0.4 is 5.73 Å².